The number of esters is 1. The molecule has 3 N–H and O–H groups in total. The number of rotatable bonds is 9. The van der Waals surface area contributed by atoms with Crippen molar-refractivity contribution in [3.8, 4) is 5.75 Å². The lowest BCUT2D eigenvalue weighted by Crippen LogP contribution is -2.21. The van der Waals surface area contributed by atoms with Crippen LogP contribution in [0.2, 0.25) is 0 Å². The minimum Gasteiger partial charge on any atom is -0.491 e. The average Bonchev–Trinajstić information content (AvgIpc) is 2.45. The van der Waals surface area contributed by atoms with Gasteiger partial charge in [0.1, 0.15) is 12.4 Å². The number of halogens is 1. The van der Waals surface area contributed by atoms with Crippen LogP contribution in [0.4, 0.5) is 5.69 Å². The third-order valence-electron chi connectivity index (χ3n) is 2.76. The van der Waals surface area contributed by atoms with Gasteiger partial charge < -0.3 is 20.5 Å². The van der Waals surface area contributed by atoms with E-state index in [0.29, 0.717) is 36.8 Å². The molecule has 1 rings (SSSR count). The van der Waals surface area contributed by atoms with Crippen LogP contribution < -0.4 is 15.8 Å². The van der Waals surface area contributed by atoms with Crippen LogP contribution in [0.25, 0.3) is 0 Å². The number of nitrogens with one attached hydrogen (secondary N) is 1. The number of carbonyl (C=O) groups is 1. The van der Waals surface area contributed by atoms with E-state index in [0.717, 1.165) is 19.4 Å². The van der Waals surface area contributed by atoms with E-state index in [-0.39, 0.29) is 18.4 Å². The van der Waals surface area contributed by atoms with Crippen molar-refractivity contribution in [1.29, 1.82) is 0 Å². The Balaban J connectivity index is 0.00000400. The number of nitrogen functional groups attached to an aromatic ring is 1. The molecule has 0 saturated carbocycles. The molecule has 0 heterocycles. The fourth-order valence-corrected chi connectivity index (χ4v) is 1.61. The predicted octanol–water partition coefficient (Wildman–Crippen LogP) is 2.64. The van der Waals surface area contributed by atoms with Crippen molar-refractivity contribution in [3.05, 3.63) is 23.8 Å². The van der Waals surface area contributed by atoms with Gasteiger partial charge in [-0.1, -0.05) is 20.3 Å². The Hall–Kier alpha value is -1.46. The van der Waals surface area contributed by atoms with E-state index in [1.807, 2.05) is 6.92 Å². The lowest BCUT2D eigenvalue weighted by Gasteiger charge is -2.10. The lowest BCUT2D eigenvalue weighted by atomic mass is 10.2. The summed E-state index contributed by atoms with van der Waals surface area (Å²) in [5.41, 5.74) is 6.78. The molecule has 0 radical (unpaired) electrons. The van der Waals surface area contributed by atoms with E-state index in [1.54, 1.807) is 18.2 Å². The summed E-state index contributed by atoms with van der Waals surface area (Å²) in [6.45, 7) is 6.58. The summed E-state index contributed by atoms with van der Waals surface area (Å²) < 4.78 is 10.7. The van der Waals surface area contributed by atoms with Gasteiger partial charge in [0.15, 0.2) is 0 Å². The molecular formula is C15H25ClN2O3. The second-order valence-corrected chi connectivity index (χ2v) is 4.44. The molecule has 0 atom stereocenters. The van der Waals surface area contributed by atoms with Crippen molar-refractivity contribution in [2.24, 2.45) is 0 Å². The van der Waals surface area contributed by atoms with Crippen LogP contribution in [0.3, 0.4) is 0 Å². The maximum Gasteiger partial charge on any atom is 0.338 e. The van der Waals surface area contributed by atoms with Gasteiger partial charge >= 0.3 is 5.97 Å². The molecule has 0 aliphatic carbocycles. The molecule has 1 aromatic rings. The molecule has 0 bridgehead atoms. The number of carbonyl (C=O) groups excluding carboxylic acids is 1. The number of hydrogen-bond acceptors (Lipinski definition) is 5. The van der Waals surface area contributed by atoms with Crippen molar-refractivity contribution < 1.29 is 14.3 Å². The third kappa shape index (κ3) is 7.20. The highest BCUT2D eigenvalue weighted by Crippen LogP contribution is 2.23. The van der Waals surface area contributed by atoms with Crippen LogP contribution in [0.15, 0.2) is 18.2 Å². The Morgan fingerprint density at radius 3 is 2.67 bits per heavy atom. The van der Waals surface area contributed by atoms with Crippen molar-refractivity contribution in [1.82, 2.24) is 5.32 Å². The standard InChI is InChI=1S/C15H24N2O3.ClH/c1-3-5-9-19-14-7-6-12(11-13(14)16)15(18)20-10-8-17-4-2;/h6-7,11,17H,3-5,8-10,16H2,1-2H3;1H. The molecule has 0 aromatic heterocycles. The first kappa shape index (κ1) is 19.5. The number of anilines is 1. The molecule has 0 amide bonds. The Bertz CT molecular complexity index is 427. The average molecular weight is 317 g/mol. The number of unbranched alkanes of at least 4 members (excludes halogenated alkanes) is 1. The number of ether oxygens (including phenoxy) is 2. The molecule has 6 heteroatoms. The molecule has 0 unspecified atom stereocenters. The first-order chi connectivity index (χ1) is 9.69. The van der Waals surface area contributed by atoms with Gasteiger partial charge in [-0.2, -0.15) is 0 Å². The summed E-state index contributed by atoms with van der Waals surface area (Å²) in [5, 5.41) is 3.08. The van der Waals surface area contributed by atoms with Crippen LogP contribution in [0.1, 0.15) is 37.0 Å². The minimum absolute atomic E-state index is 0. The van der Waals surface area contributed by atoms with E-state index < -0.39 is 0 Å². The molecule has 5 nitrogen and oxygen atoms in total. The monoisotopic (exact) mass is 316 g/mol. The number of benzene rings is 1. The maximum absolute atomic E-state index is 11.8. The molecule has 0 aliphatic rings. The second-order valence-electron chi connectivity index (χ2n) is 4.44. The zero-order valence-corrected chi connectivity index (χ0v) is 13.5. The van der Waals surface area contributed by atoms with Gasteiger partial charge in [-0.25, -0.2) is 4.79 Å². The first-order valence-corrected chi connectivity index (χ1v) is 7.09. The number of nitrogens with two attached hydrogens (primary N) is 1. The fraction of sp³-hybridized carbons (Fsp3) is 0.533. The van der Waals surface area contributed by atoms with Crippen LogP contribution >= 0.6 is 12.4 Å². The summed E-state index contributed by atoms with van der Waals surface area (Å²) in [6, 6.07) is 4.98. The largest absolute Gasteiger partial charge is 0.491 e. The van der Waals surface area contributed by atoms with Gasteiger partial charge in [0, 0.05) is 6.54 Å². The molecular weight excluding hydrogens is 292 g/mol. The summed E-state index contributed by atoms with van der Waals surface area (Å²) in [5.74, 6) is 0.248. The Morgan fingerprint density at radius 1 is 1.29 bits per heavy atom. The van der Waals surface area contributed by atoms with Gasteiger partial charge in [0.25, 0.3) is 0 Å². The summed E-state index contributed by atoms with van der Waals surface area (Å²) in [6.07, 6.45) is 2.05. The van der Waals surface area contributed by atoms with Crippen molar-refractivity contribution in [2.45, 2.75) is 26.7 Å². The summed E-state index contributed by atoms with van der Waals surface area (Å²) >= 11 is 0. The highest BCUT2D eigenvalue weighted by molar-refractivity contribution is 5.91. The van der Waals surface area contributed by atoms with Crippen LogP contribution in [0, 0.1) is 0 Å². The lowest BCUT2D eigenvalue weighted by molar-refractivity contribution is 0.0509. The molecule has 21 heavy (non-hydrogen) atoms. The Labute approximate surface area is 132 Å². The summed E-state index contributed by atoms with van der Waals surface area (Å²) in [7, 11) is 0. The van der Waals surface area contributed by atoms with Gasteiger partial charge in [0.05, 0.1) is 17.9 Å². The maximum atomic E-state index is 11.8. The van der Waals surface area contributed by atoms with Gasteiger partial charge in [-0.05, 0) is 31.2 Å². The third-order valence-corrected chi connectivity index (χ3v) is 2.76. The van der Waals surface area contributed by atoms with E-state index >= 15 is 0 Å². The summed E-state index contributed by atoms with van der Waals surface area (Å²) in [4.78, 5) is 11.8. The molecule has 0 fully saturated rings. The Morgan fingerprint density at radius 2 is 2.05 bits per heavy atom. The molecule has 0 aliphatic heterocycles. The second kappa shape index (κ2) is 11.2. The quantitative estimate of drug-likeness (QED) is 0.416. The first-order valence-electron chi connectivity index (χ1n) is 7.09. The zero-order valence-electron chi connectivity index (χ0n) is 12.7. The molecule has 120 valence electrons. The normalized spacial score (nSPS) is 9.81. The van der Waals surface area contributed by atoms with Crippen LogP contribution in [-0.2, 0) is 4.74 Å². The predicted molar refractivity (Wildman–Crippen MR) is 87.3 cm³/mol. The van der Waals surface area contributed by atoms with Gasteiger partial charge in [0.2, 0.25) is 0 Å². The topological polar surface area (TPSA) is 73.6 Å². The number of hydrogen-bond donors (Lipinski definition) is 2. The van der Waals surface area contributed by atoms with Crippen LogP contribution in [-0.4, -0.2) is 32.3 Å². The number of likely N-dealkylation sites (N-methyl/N-ethyl adjacent to an activating group) is 1. The zero-order chi connectivity index (χ0) is 14.8. The van der Waals surface area contributed by atoms with E-state index in [4.69, 9.17) is 15.2 Å². The molecule has 1 aromatic carbocycles. The van der Waals surface area contributed by atoms with Crippen molar-refractivity contribution in [2.75, 3.05) is 32.0 Å². The molecule has 0 spiro atoms. The van der Waals surface area contributed by atoms with Gasteiger partial charge in [-0.3, -0.25) is 0 Å². The fourth-order valence-electron chi connectivity index (χ4n) is 1.61. The Kier molecular flexibility index (Phi) is 10.4. The van der Waals surface area contributed by atoms with Crippen LogP contribution in [0.5, 0.6) is 5.75 Å². The molecule has 0 saturated heterocycles. The highest BCUT2D eigenvalue weighted by Gasteiger charge is 2.10. The van der Waals surface area contributed by atoms with E-state index in [1.165, 1.54) is 0 Å². The highest BCUT2D eigenvalue weighted by atomic mass is 35.5. The van der Waals surface area contributed by atoms with Crippen molar-refractivity contribution in [3.63, 3.8) is 0 Å². The van der Waals surface area contributed by atoms with E-state index in [2.05, 4.69) is 12.2 Å². The minimum atomic E-state index is -0.366. The van der Waals surface area contributed by atoms with Crippen molar-refractivity contribution >= 4 is 24.1 Å². The van der Waals surface area contributed by atoms with E-state index in [9.17, 15) is 4.79 Å². The smallest absolute Gasteiger partial charge is 0.338 e. The van der Waals surface area contributed by atoms with Gasteiger partial charge in [-0.15, -0.1) is 12.4 Å². The SMILES string of the molecule is CCCCOc1ccc(C(=O)OCCNCC)cc1N.Cl.